The Kier molecular flexibility index (Phi) is 6.12. The van der Waals surface area contributed by atoms with E-state index < -0.39 is 5.60 Å². The molecule has 0 aromatic rings. The van der Waals surface area contributed by atoms with Crippen LogP contribution in [0, 0.1) is 23.7 Å². The summed E-state index contributed by atoms with van der Waals surface area (Å²) in [5, 5.41) is 6.61. The second kappa shape index (κ2) is 7.69. The number of fused-ring (bicyclic) bond motifs is 2. The molecule has 2 aliphatic carbocycles. The molecule has 132 valence electrons. The number of allylic oxidation sites excluding steroid dienone is 2. The van der Waals surface area contributed by atoms with Gasteiger partial charge in [-0.05, 0) is 70.3 Å². The van der Waals surface area contributed by atoms with Crippen molar-refractivity contribution in [3.05, 3.63) is 12.2 Å². The standard InChI is InChI=1S/C19H34N2O2/c1-13(2)8-17(12-21-18(22)23-19(3,4)5)20-11-16-10-14-6-7-15(16)9-14/h6-7,13-17,20H,8-12H2,1-5H3,(H,21,22). The maximum absolute atomic E-state index is 11.8. The van der Waals surface area contributed by atoms with Gasteiger partial charge in [0.1, 0.15) is 5.60 Å². The van der Waals surface area contributed by atoms with Crippen LogP contribution in [0.2, 0.25) is 0 Å². The zero-order valence-electron chi connectivity index (χ0n) is 15.4. The molecule has 0 aromatic carbocycles. The van der Waals surface area contributed by atoms with Crippen molar-refractivity contribution in [2.45, 2.75) is 65.5 Å². The highest BCUT2D eigenvalue weighted by molar-refractivity contribution is 5.67. The van der Waals surface area contributed by atoms with Crippen molar-refractivity contribution in [2.75, 3.05) is 13.1 Å². The number of carbonyl (C=O) groups is 1. The van der Waals surface area contributed by atoms with Crippen LogP contribution in [0.5, 0.6) is 0 Å². The molecule has 1 fully saturated rings. The number of amides is 1. The fourth-order valence-corrected chi connectivity index (χ4v) is 3.78. The molecule has 23 heavy (non-hydrogen) atoms. The van der Waals surface area contributed by atoms with Gasteiger partial charge in [-0.2, -0.15) is 0 Å². The normalized spacial score (nSPS) is 27.5. The lowest BCUT2D eigenvalue weighted by molar-refractivity contribution is 0.0520. The number of nitrogens with one attached hydrogen (secondary N) is 2. The van der Waals surface area contributed by atoms with Crippen molar-refractivity contribution >= 4 is 6.09 Å². The number of rotatable bonds is 7. The summed E-state index contributed by atoms with van der Waals surface area (Å²) < 4.78 is 5.32. The molecular formula is C19H34N2O2. The molecule has 1 amide bonds. The van der Waals surface area contributed by atoms with Crippen LogP contribution in [0.3, 0.4) is 0 Å². The molecule has 0 aromatic heterocycles. The fourth-order valence-electron chi connectivity index (χ4n) is 3.78. The van der Waals surface area contributed by atoms with Crippen molar-refractivity contribution in [1.29, 1.82) is 0 Å². The average Bonchev–Trinajstić information content (AvgIpc) is 3.01. The second-order valence-corrected chi connectivity index (χ2v) is 8.66. The summed E-state index contributed by atoms with van der Waals surface area (Å²) in [4.78, 5) is 11.8. The molecule has 4 nitrogen and oxygen atoms in total. The molecular weight excluding hydrogens is 288 g/mol. The SMILES string of the molecule is CC(C)CC(CNC(=O)OC(C)(C)C)NCC1CC2C=CC1C2. The van der Waals surface area contributed by atoms with Crippen LogP contribution < -0.4 is 10.6 Å². The van der Waals surface area contributed by atoms with Gasteiger partial charge in [-0.15, -0.1) is 0 Å². The fraction of sp³-hybridized carbons (Fsp3) is 0.842. The lowest BCUT2D eigenvalue weighted by Crippen LogP contribution is -2.45. The first kappa shape index (κ1) is 18.3. The predicted molar refractivity (Wildman–Crippen MR) is 94.3 cm³/mol. The average molecular weight is 322 g/mol. The second-order valence-electron chi connectivity index (χ2n) is 8.66. The van der Waals surface area contributed by atoms with Gasteiger partial charge in [0.05, 0.1) is 0 Å². The molecule has 2 N–H and O–H groups in total. The van der Waals surface area contributed by atoms with E-state index in [2.05, 4.69) is 36.6 Å². The van der Waals surface area contributed by atoms with E-state index >= 15 is 0 Å². The van der Waals surface area contributed by atoms with Gasteiger partial charge in [-0.3, -0.25) is 0 Å². The third kappa shape index (κ3) is 6.17. The van der Waals surface area contributed by atoms with Crippen molar-refractivity contribution in [2.24, 2.45) is 23.7 Å². The number of alkyl carbamates (subject to hydrolysis) is 1. The van der Waals surface area contributed by atoms with Crippen LogP contribution in [0.15, 0.2) is 12.2 Å². The number of hydrogen-bond acceptors (Lipinski definition) is 3. The van der Waals surface area contributed by atoms with E-state index in [1.54, 1.807) is 0 Å². The minimum absolute atomic E-state index is 0.311. The van der Waals surface area contributed by atoms with Crippen molar-refractivity contribution in [3.8, 4) is 0 Å². The summed E-state index contributed by atoms with van der Waals surface area (Å²) in [6.07, 6.45) is 8.19. The van der Waals surface area contributed by atoms with Gasteiger partial charge in [-0.25, -0.2) is 4.79 Å². The Morgan fingerprint density at radius 2 is 2.00 bits per heavy atom. The van der Waals surface area contributed by atoms with E-state index in [0.717, 1.165) is 30.7 Å². The van der Waals surface area contributed by atoms with Crippen LogP contribution in [0.4, 0.5) is 4.79 Å². The molecule has 4 atom stereocenters. The largest absolute Gasteiger partial charge is 0.444 e. The predicted octanol–water partition coefficient (Wildman–Crippen LogP) is 3.73. The van der Waals surface area contributed by atoms with Crippen molar-refractivity contribution < 1.29 is 9.53 Å². The first-order valence-corrected chi connectivity index (χ1v) is 9.11. The van der Waals surface area contributed by atoms with Gasteiger partial charge in [0, 0.05) is 12.6 Å². The highest BCUT2D eigenvalue weighted by atomic mass is 16.6. The van der Waals surface area contributed by atoms with Gasteiger partial charge in [0.2, 0.25) is 0 Å². The maximum atomic E-state index is 11.8. The molecule has 2 rings (SSSR count). The summed E-state index contributed by atoms with van der Waals surface area (Å²) in [6, 6.07) is 0.311. The van der Waals surface area contributed by atoms with Gasteiger partial charge in [0.25, 0.3) is 0 Å². The van der Waals surface area contributed by atoms with E-state index in [1.165, 1.54) is 12.8 Å². The summed E-state index contributed by atoms with van der Waals surface area (Å²) in [5.74, 6) is 2.95. The molecule has 0 aliphatic heterocycles. The third-order valence-corrected chi connectivity index (χ3v) is 4.73. The summed E-state index contributed by atoms with van der Waals surface area (Å²) in [6.45, 7) is 11.8. The van der Waals surface area contributed by atoms with Gasteiger partial charge < -0.3 is 15.4 Å². The van der Waals surface area contributed by atoms with E-state index in [9.17, 15) is 4.79 Å². The lowest BCUT2D eigenvalue weighted by Gasteiger charge is -2.26. The Morgan fingerprint density at radius 1 is 1.26 bits per heavy atom. The first-order valence-electron chi connectivity index (χ1n) is 9.11. The molecule has 4 heteroatoms. The summed E-state index contributed by atoms with van der Waals surface area (Å²) in [7, 11) is 0. The zero-order chi connectivity index (χ0) is 17.0. The maximum Gasteiger partial charge on any atom is 0.407 e. The van der Waals surface area contributed by atoms with Crippen molar-refractivity contribution in [1.82, 2.24) is 10.6 Å². The monoisotopic (exact) mass is 322 g/mol. The number of carbonyl (C=O) groups excluding carboxylic acids is 1. The van der Waals surface area contributed by atoms with E-state index in [-0.39, 0.29) is 6.09 Å². The van der Waals surface area contributed by atoms with E-state index in [1.807, 2.05) is 20.8 Å². The van der Waals surface area contributed by atoms with Crippen LogP contribution in [0.25, 0.3) is 0 Å². The molecule has 0 spiro atoms. The summed E-state index contributed by atoms with van der Waals surface area (Å²) in [5.41, 5.74) is -0.444. The molecule has 0 heterocycles. The van der Waals surface area contributed by atoms with E-state index in [0.29, 0.717) is 18.5 Å². The Labute approximate surface area is 141 Å². The Balaban J connectivity index is 1.75. The quantitative estimate of drug-likeness (QED) is 0.702. The third-order valence-electron chi connectivity index (χ3n) is 4.73. The lowest BCUT2D eigenvalue weighted by atomic mass is 9.93. The van der Waals surface area contributed by atoms with Crippen molar-refractivity contribution in [3.63, 3.8) is 0 Å². The van der Waals surface area contributed by atoms with Gasteiger partial charge in [-0.1, -0.05) is 26.0 Å². The molecule has 4 unspecified atom stereocenters. The van der Waals surface area contributed by atoms with Crippen LogP contribution in [-0.4, -0.2) is 30.8 Å². The zero-order valence-corrected chi connectivity index (χ0v) is 15.4. The highest BCUT2D eigenvalue weighted by Gasteiger charge is 2.35. The van der Waals surface area contributed by atoms with Crippen LogP contribution >= 0.6 is 0 Å². The minimum atomic E-state index is -0.444. The Hall–Kier alpha value is -1.03. The molecule has 2 bridgehead atoms. The Bertz CT molecular complexity index is 426. The topological polar surface area (TPSA) is 50.4 Å². The number of ether oxygens (including phenoxy) is 1. The van der Waals surface area contributed by atoms with Crippen LogP contribution in [-0.2, 0) is 4.74 Å². The Morgan fingerprint density at radius 3 is 2.52 bits per heavy atom. The highest BCUT2D eigenvalue weighted by Crippen LogP contribution is 2.43. The molecule has 1 saturated carbocycles. The van der Waals surface area contributed by atoms with E-state index in [4.69, 9.17) is 4.74 Å². The first-order chi connectivity index (χ1) is 10.7. The smallest absolute Gasteiger partial charge is 0.407 e. The molecule has 0 radical (unpaired) electrons. The van der Waals surface area contributed by atoms with Gasteiger partial charge in [0.15, 0.2) is 0 Å². The molecule has 2 aliphatic rings. The molecule has 0 saturated heterocycles. The number of hydrogen-bond donors (Lipinski definition) is 2. The van der Waals surface area contributed by atoms with Crippen LogP contribution in [0.1, 0.15) is 53.9 Å². The van der Waals surface area contributed by atoms with Gasteiger partial charge >= 0.3 is 6.09 Å². The minimum Gasteiger partial charge on any atom is -0.444 e. The summed E-state index contributed by atoms with van der Waals surface area (Å²) >= 11 is 0.